The SMILES string of the molecule is COc1ccc([C@@H]2CC(=O)N(C(=O)OC(C)(C)C)[C@@H]2CO)cc1OC1CCCC1. The predicted octanol–water partition coefficient (Wildman–Crippen LogP) is 3.63. The van der Waals surface area contributed by atoms with Gasteiger partial charge < -0.3 is 19.3 Å². The largest absolute Gasteiger partial charge is 0.493 e. The second-order valence-corrected chi connectivity index (χ2v) is 8.74. The highest BCUT2D eigenvalue weighted by Gasteiger charge is 2.45. The number of hydrogen-bond acceptors (Lipinski definition) is 6. The zero-order valence-electron chi connectivity index (χ0n) is 17.6. The molecule has 0 unspecified atom stereocenters. The molecule has 0 aromatic heterocycles. The Morgan fingerprint density at radius 1 is 1.21 bits per heavy atom. The van der Waals surface area contributed by atoms with Crippen LogP contribution >= 0.6 is 0 Å². The number of amides is 2. The summed E-state index contributed by atoms with van der Waals surface area (Å²) in [7, 11) is 1.59. The molecule has 3 rings (SSSR count). The molecule has 7 nitrogen and oxygen atoms in total. The average molecular weight is 405 g/mol. The predicted molar refractivity (Wildman–Crippen MR) is 107 cm³/mol. The molecule has 1 saturated carbocycles. The molecule has 1 aromatic carbocycles. The van der Waals surface area contributed by atoms with Gasteiger partial charge in [0.2, 0.25) is 5.91 Å². The van der Waals surface area contributed by atoms with E-state index in [1.165, 1.54) is 0 Å². The Morgan fingerprint density at radius 2 is 1.90 bits per heavy atom. The summed E-state index contributed by atoms with van der Waals surface area (Å²) in [6, 6.07) is 4.87. The first-order valence-corrected chi connectivity index (χ1v) is 10.2. The third-order valence-electron chi connectivity index (χ3n) is 5.45. The molecule has 2 amide bonds. The van der Waals surface area contributed by atoms with Gasteiger partial charge in [-0.2, -0.15) is 0 Å². The number of benzene rings is 1. The topological polar surface area (TPSA) is 85.3 Å². The fourth-order valence-corrected chi connectivity index (χ4v) is 4.09. The Kier molecular flexibility index (Phi) is 6.36. The number of hydrogen-bond donors (Lipinski definition) is 1. The van der Waals surface area contributed by atoms with Gasteiger partial charge in [-0.25, -0.2) is 9.69 Å². The van der Waals surface area contributed by atoms with E-state index in [9.17, 15) is 14.7 Å². The second-order valence-electron chi connectivity index (χ2n) is 8.74. The van der Waals surface area contributed by atoms with Crippen LogP contribution in [0.15, 0.2) is 18.2 Å². The zero-order valence-corrected chi connectivity index (χ0v) is 17.6. The van der Waals surface area contributed by atoms with E-state index in [-0.39, 0.29) is 31.0 Å². The Hall–Kier alpha value is -2.28. The van der Waals surface area contributed by atoms with Crippen LogP contribution in [0.1, 0.15) is 64.4 Å². The summed E-state index contributed by atoms with van der Waals surface area (Å²) in [6.07, 6.45) is 3.90. The Balaban J connectivity index is 1.85. The van der Waals surface area contributed by atoms with Gasteiger partial charge in [0.25, 0.3) is 0 Å². The summed E-state index contributed by atoms with van der Waals surface area (Å²) < 4.78 is 17.0. The van der Waals surface area contributed by atoms with E-state index in [1.807, 2.05) is 18.2 Å². The molecular formula is C22H31NO6. The lowest BCUT2D eigenvalue weighted by Gasteiger charge is -2.28. The van der Waals surface area contributed by atoms with E-state index in [0.29, 0.717) is 11.5 Å². The summed E-state index contributed by atoms with van der Waals surface area (Å²) >= 11 is 0. The molecule has 1 heterocycles. The molecule has 0 spiro atoms. The molecule has 1 aliphatic heterocycles. The van der Waals surface area contributed by atoms with Crippen molar-refractivity contribution in [3.05, 3.63) is 23.8 Å². The lowest BCUT2D eigenvalue weighted by Crippen LogP contribution is -2.44. The third-order valence-corrected chi connectivity index (χ3v) is 5.45. The van der Waals surface area contributed by atoms with Crippen LogP contribution in [-0.2, 0) is 9.53 Å². The monoisotopic (exact) mass is 405 g/mol. The number of carbonyl (C=O) groups is 2. The molecule has 7 heteroatoms. The van der Waals surface area contributed by atoms with Gasteiger partial charge in [-0.1, -0.05) is 6.07 Å². The first kappa shape index (κ1) is 21.4. The summed E-state index contributed by atoms with van der Waals surface area (Å²) in [5, 5.41) is 9.98. The van der Waals surface area contributed by atoms with Gasteiger partial charge in [0.1, 0.15) is 5.60 Å². The second kappa shape index (κ2) is 8.61. The van der Waals surface area contributed by atoms with E-state index in [0.717, 1.165) is 36.1 Å². The van der Waals surface area contributed by atoms with E-state index < -0.39 is 17.7 Å². The maximum Gasteiger partial charge on any atom is 0.417 e. The third kappa shape index (κ3) is 4.83. The number of aliphatic hydroxyl groups excluding tert-OH is 1. The van der Waals surface area contributed by atoms with Gasteiger partial charge in [0, 0.05) is 12.3 Å². The van der Waals surface area contributed by atoms with Crippen LogP contribution < -0.4 is 9.47 Å². The van der Waals surface area contributed by atoms with Crippen molar-refractivity contribution in [1.82, 2.24) is 4.90 Å². The van der Waals surface area contributed by atoms with Crippen molar-refractivity contribution in [2.75, 3.05) is 13.7 Å². The van der Waals surface area contributed by atoms with E-state index in [4.69, 9.17) is 14.2 Å². The summed E-state index contributed by atoms with van der Waals surface area (Å²) in [6.45, 7) is 4.90. The molecule has 0 bridgehead atoms. The van der Waals surface area contributed by atoms with Crippen LogP contribution in [0.2, 0.25) is 0 Å². The van der Waals surface area contributed by atoms with Crippen molar-refractivity contribution in [1.29, 1.82) is 0 Å². The number of aliphatic hydroxyl groups is 1. The molecule has 29 heavy (non-hydrogen) atoms. The number of rotatable bonds is 5. The smallest absolute Gasteiger partial charge is 0.417 e. The number of ether oxygens (including phenoxy) is 3. The number of imide groups is 1. The van der Waals surface area contributed by atoms with E-state index in [1.54, 1.807) is 27.9 Å². The molecule has 2 atom stereocenters. The molecule has 1 aliphatic carbocycles. The van der Waals surface area contributed by atoms with Gasteiger partial charge in [0.05, 0.1) is 25.9 Å². The highest BCUT2D eigenvalue weighted by molar-refractivity contribution is 5.95. The standard InChI is InChI=1S/C22H31NO6/c1-22(2,3)29-21(26)23-17(13-24)16(12-20(23)25)14-9-10-18(27-4)19(11-14)28-15-7-5-6-8-15/h9-11,15-17,24H,5-8,12-13H2,1-4H3/t16-,17+/m0/s1. The highest BCUT2D eigenvalue weighted by Crippen LogP contribution is 2.40. The van der Waals surface area contributed by atoms with Crippen LogP contribution in [0.3, 0.4) is 0 Å². The minimum atomic E-state index is -0.724. The van der Waals surface area contributed by atoms with Crippen LogP contribution in [-0.4, -0.2) is 53.5 Å². The molecule has 1 aromatic rings. The first-order chi connectivity index (χ1) is 13.7. The van der Waals surface area contributed by atoms with Gasteiger partial charge in [0.15, 0.2) is 11.5 Å². The molecule has 0 radical (unpaired) electrons. The van der Waals surface area contributed by atoms with Crippen molar-refractivity contribution < 1.29 is 28.9 Å². The fraction of sp³-hybridized carbons (Fsp3) is 0.636. The van der Waals surface area contributed by atoms with Crippen molar-refractivity contribution in [3.63, 3.8) is 0 Å². The van der Waals surface area contributed by atoms with Crippen LogP contribution in [0.25, 0.3) is 0 Å². The van der Waals surface area contributed by atoms with E-state index >= 15 is 0 Å². The van der Waals surface area contributed by atoms with Crippen molar-refractivity contribution in [3.8, 4) is 11.5 Å². The molecule has 1 N–H and O–H groups in total. The maximum atomic E-state index is 12.6. The van der Waals surface area contributed by atoms with Crippen LogP contribution in [0.5, 0.6) is 11.5 Å². The van der Waals surface area contributed by atoms with Crippen LogP contribution in [0, 0.1) is 0 Å². The lowest BCUT2D eigenvalue weighted by atomic mass is 9.91. The minimum absolute atomic E-state index is 0.125. The molecular weight excluding hydrogens is 374 g/mol. The number of likely N-dealkylation sites (tertiary alicyclic amines) is 1. The normalized spacial score (nSPS) is 22.8. The highest BCUT2D eigenvalue weighted by atomic mass is 16.6. The summed E-state index contributed by atoms with van der Waals surface area (Å²) in [5.41, 5.74) is 0.106. The van der Waals surface area contributed by atoms with Gasteiger partial charge in [-0.05, 0) is 64.2 Å². The van der Waals surface area contributed by atoms with E-state index in [2.05, 4.69) is 0 Å². The maximum absolute atomic E-state index is 12.6. The Labute approximate surface area is 171 Å². The van der Waals surface area contributed by atoms with Crippen molar-refractivity contribution in [2.45, 2.75) is 76.5 Å². The molecule has 2 aliphatic rings. The minimum Gasteiger partial charge on any atom is -0.493 e. The Morgan fingerprint density at radius 3 is 2.48 bits per heavy atom. The lowest BCUT2D eigenvalue weighted by molar-refractivity contribution is -0.128. The quantitative estimate of drug-likeness (QED) is 0.805. The number of nitrogens with zero attached hydrogens (tertiary/aromatic N) is 1. The number of methoxy groups -OCH3 is 1. The average Bonchev–Trinajstić information content (AvgIpc) is 3.27. The zero-order chi connectivity index (χ0) is 21.2. The summed E-state index contributed by atoms with van der Waals surface area (Å²) in [5.74, 6) is 0.584. The van der Waals surface area contributed by atoms with Crippen molar-refractivity contribution in [2.24, 2.45) is 0 Å². The summed E-state index contributed by atoms with van der Waals surface area (Å²) in [4.78, 5) is 26.2. The molecule has 2 fully saturated rings. The van der Waals surface area contributed by atoms with Gasteiger partial charge in [-0.15, -0.1) is 0 Å². The van der Waals surface area contributed by atoms with Gasteiger partial charge >= 0.3 is 6.09 Å². The van der Waals surface area contributed by atoms with Gasteiger partial charge in [-0.3, -0.25) is 4.79 Å². The fourth-order valence-electron chi connectivity index (χ4n) is 4.09. The number of carbonyl (C=O) groups excluding carboxylic acids is 2. The first-order valence-electron chi connectivity index (χ1n) is 10.2. The molecule has 1 saturated heterocycles. The van der Waals surface area contributed by atoms with Crippen LogP contribution in [0.4, 0.5) is 4.79 Å². The Bertz CT molecular complexity index is 750. The van der Waals surface area contributed by atoms with Crippen molar-refractivity contribution >= 4 is 12.0 Å². The molecule has 160 valence electrons.